The second kappa shape index (κ2) is 9.02. The summed E-state index contributed by atoms with van der Waals surface area (Å²) in [5.41, 5.74) is 1.80. The zero-order chi connectivity index (χ0) is 21.9. The van der Waals surface area contributed by atoms with E-state index in [1.165, 1.54) is 19.3 Å². The molecule has 2 aromatic heterocycles. The van der Waals surface area contributed by atoms with Gasteiger partial charge >= 0.3 is 0 Å². The summed E-state index contributed by atoms with van der Waals surface area (Å²) in [6.07, 6.45) is 7.01. The average Bonchev–Trinajstić information content (AvgIpc) is 3.27. The van der Waals surface area contributed by atoms with Gasteiger partial charge in [-0.15, -0.1) is 0 Å². The van der Waals surface area contributed by atoms with Gasteiger partial charge in [0.25, 0.3) is 0 Å². The number of ether oxygens (including phenoxy) is 1. The average molecular weight is 436 g/mol. The highest BCUT2D eigenvalue weighted by Gasteiger charge is 2.24. The van der Waals surface area contributed by atoms with Gasteiger partial charge in [-0.1, -0.05) is 12.1 Å². The molecule has 0 unspecified atom stereocenters. The molecule has 0 saturated carbocycles. The van der Waals surface area contributed by atoms with Crippen LogP contribution in [0.25, 0.3) is 11.0 Å². The quantitative estimate of drug-likeness (QED) is 0.608. The van der Waals surface area contributed by atoms with Gasteiger partial charge in [0.2, 0.25) is 5.91 Å². The number of nitrogens with zero attached hydrogens (tertiary/aromatic N) is 7. The third-order valence-corrected chi connectivity index (χ3v) is 6.41. The molecule has 0 aliphatic carbocycles. The predicted molar refractivity (Wildman–Crippen MR) is 123 cm³/mol. The fraction of sp³-hybridized carbons (Fsp3) is 0.478. The molecule has 9 nitrogen and oxygen atoms in total. The summed E-state index contributed by atoms with van der Waals surface area (Å²) in [4.78, 5) is 28.5. The largest absolute Gasteiger partial charge is 0.495 e. The normalized spacial score (nSPS) is 17.1. The summed E-state index contributed by atoms with van der Waals surface area (Å²) in [5, 5.41) is 5.40. The topological polar surface area (TPSA) is 79.6 Å². The lowest BCUT2D eigenvalue weighted by Gasteiger charge is -2.36. The molecule has 3 aromatic rings. The Hall–Kier alpha value is -3.36. The number of benzene rings is 1. The molecule has 1 amide bonds. The molecule has 2 saturated heterocycles. The Balaban J connectivity index is 1.26. The molecule has 0 atom stereocenters. The van der Waals surface area contributed by atoms with Gasteiger partial charge in [0.15, 0.2) is 5.65 Å². The van der Waals surface area contributed by atoms with Crippen molar-refractivity contribution in [2.75, 3.05) is 56.2 Å². The van der Waals surface area contributed by atoms with Crippen LogP contribution in [-0.2, 0) is 11.3 Å². The number of rotatable bonds is 5. The van der Waals surface area contributed by atoms with Crippen molar-refractivity contribution in [1.82, 2.24) is 24.6 Å². The molecule has 5 rings (SSSR count). The molecule has 1 aromatic carbocycles. The fourth-order valence-corrected chi connectivity index (χ4v) is 4.67. The molecule has 2 aliphatic heterocycles. The molecule has 2 fully saturated rings. The van der Waals surface area contributed by atoms with Gasteiger partial charge < -0.3 is 19.4 Å². The molecule has 4 heterocycles. The van der Waals surface area contributed by atoms with Crippen molar-refractivity contribution in [3.8, 4) is 5.75 Å². The molecule has 0 spiro atoms. The van der Waals surface area contributed by atoms with Gasteiger partial charge in [-0.05, 0) is 31.4 Å². The van der Waals surface area contributed by atoms with Crippen molar-refractivity contribution >= 4 is 28.4 Å². The van der Waals surface area contributed by atoms with Crippen LogP contribution in [0.15, 0.2) is 36.8 Å². The smallest absolute Gasteiger partial charge is 0.244 e. The molecular weight excluding hydrogens is 406 g/mol. The first kappa shape index (κ1) is 20.5. The standard InChI is InChI=1S/C23H29N7O2/c1-32-20-8-4-3-7-19(20)27-11-13-28(14-12-27)21(31)16-30-23-18(15-26-30)22(24-17-25-23)29-9-5-2-6-10-29/h3-4,7-8,15,17H,2,5-6,9-14,16H2,1H3. The van der Waals surface area contributed by atoms with Crippen molar-refractivity contribution in [2.45, 2.75) is 25.8 Å². The number of carbonyl (C=O) groups is 1. The molecule has 2 aliphatic rings. The highest BCUT2D eigenvalue weighted by molar-refractivity contribution is 5.88. The van der Waals surface area contributed by atoms with Crippen LogP contribution in [-0.4, -0.2) is 76.9 Å². The van der Waals surface area contributed by atoms with Crippen molar-refractivity contribution in [1.29, 1.82) is 0 Å². The van der Waals surface area contributed by atoms with Crippen molar-refractivity contribution in [3.63, 3.8) is 0 Å². The van der Waals surface area contributed by atoms with Crippen LogP contribution in [0, 0.1) is 0 Å². The van der Waals surface area contributed by atoms with E-state index in [1.54, 1.807) is 24.3 Å². The van der Waals surface area contributed by atoms with E-state index in [1.807, 2.05) is 23.1 Å². The van der Waals surface area contributed by atoms with Crippen LogP contribution in [0.5, 0.6) is 5.75 Å². The summed E-state index contributed by atoms with van der Waals surface area (Å²) < 4.78 is 7.20. The third-order valence-electron chi connectivity index (χ3n) is 6.41. The van der Waals surface area contributed by atoms with Gasteiger partial charge in [-0.2, -0.15) is 5.10 Å². The van der Waals surface area contributed by atoms with E-state index >= 15 is 0 Å². The number of para-hydroxylation sites is 2. The minimum Gasteiger partial charge on any atom is -0.495 e. The molecule has 0 N–H and O–H groups in total. The fourth-order valence-electron chi connectivity index (χ4n) is 4.67. The summed E-state index contributed by atoms with van der Waals surface area (Å²) in [7, 11) is 1.69. The number of hydrogen-bond donors (Lipinski definition) is 0. The number of piperidine rings is 1. The number of piperazine rings is 1. The molecule has 0 bridgehead atoms. The summed E-state index contributed by atoms with van der Waals surface area (Å²) in [6, 6.07) is 8.01. The maximum absolute atomic E-state index is 13.0. The number of anilines is 2. The van der Waals surface area contributed by atoms with Crippen LogP contribution < -0.4 is 14.5 Å². The van der Waals surface area contributed by atoms with E-state index in [4.69, 9.17) is 4.74 Å². The van der Waals surface area contributed by atoms with E-state index in [0.717, 1.165) is 54.5 Å². The lowest BCUT2D eigenvalue weighted by molar-refractivity contribution is -0.132. The number of fused-ring (bicyclic) bond motifs is 1. The first-order valence-corrected chi connectivity index (χ1v) is 11.3. The Morgan fingerprint density at radius 2 is 1.75 bits per heavy atom. The van der Waals surface area contributed by atoms with Gasteiger partial charge in [0.05, 0.1) is 24.4 Å². The number of amides is 1. The Morgan fingerprint density at radius 3 is 2.53 bits per heavy atom. The molecule has 9 heteroatoms. The van der Waals surface area contributed by atoms with Crippen LogP contribution in [0.1, 0.15) is 19.3 Å². The van der Waals surface area contributed by atoms with Gasteiger partial charge in [-0.25, -0.2) is 14.6 Å². The van der Waals surface area contributed by atoms with Crippen LogP contribution >= 0.6 is 0 Å². The van der Waals surface area contributed by atoms with Crippen LogP contribution in [0.2, 0.25) is 0 Å². The molecular formula is C23H29N7O2. The van der Waals surface area contributed by atoms with Crippen molar-refractivity contribution in [3.05, 3.63) is 36.8 Å². The summed E-state index contributed by atoms with van der Waals surface area (Å²) in [6.45, 7) is 5.09. The van der Waals surface area contributed by atoms with Gasteiger partial charge in [0.1, 0.15) is 24.4 Å². The second-order valence-electron chi connectivity index (χ2n) is 8.32. The summed E-state index contributed by atoms with van der Waals surface area (Å²) >= 11 is 0. The highest BCUT2D eigenvalue weighted by Crippen LogP contribution is 2.29. The Morgan fingerprint density at radius 1 is 0.969 bits per heavy atom. The van der Waals surface area contributed by atoms with Crippen LogP contribution in [0.3, 0.4) is 0 Å². The number of methoxy groups -OCH3 is 1. The Kier molecular flexibility index (Phi) is 5.79. The SMILES string of the molecule is COc1ccccc1N1CCN(C(=O)Cn2ncc3c(N4CCCCC4)ncnc32)CC1. The second-order valence-corrected chi connectivity index (χ2v) is 8.32. The van der Waals surface area contributed by atoms with E-state index in [-0.39, 0.29) is 12.5 Å². The predicted octanol–water partition coefficient (Wildman–Crippen LogP) is 2.17. The zero-order valence-electron chi connectivity index (χ0n) is 18.5. The van der Waals surface area contributed by atoms with Crippen molar-refractivity contribution < 1.29 is 9.53 Å². The number of hydrogen-bond acceptors (Lipinski definition) is 7. The minimum atomic E-state index is 0.0628. The maximum Gasteiger partial charge on any atom is 0.244 e. The first-order valence-electron chi connectivity index (χ1n) is 11.3. The Bertz CT molecular complexity index is 1080. The molecule has 168 valence electrons. The van der Waals surface area contributed by atoms with Crippen LogP contribution in [0.4, 0.5) is 11.5 Å². The Labute approximate surface area is 187 Å². The van der Waals surface area contributed by atoms with Gasteiger partial charge in [0, 0.05) is 39.3 Å². The van der Waals surface area contributed by atoms with E-state index in [2.05, 4.69) is 30.9 Å². The highest BCUT2D eigenvalue weighted by atomic mass is 16.5. The zero-order valence-corrected chi connectivity index (χ0v) is 18.5. The number of aromatic nitrogens is 4. The van der Waals surface area contributed by atoms with E-state index in [0.29, 0.717) is 13.1 Å². The van der Waals surface area contributed by atoms with E-state index in [9.17, 15) is 4.79 Å². The number of carbonyl (C=O) groups excluding carboxylic acids is 1. The summed E-state index contributed by atoms with van der Waals surface area (Å²) in [5.74, 6) is 1.85. The first-order chi connectivity index (χ1) is 15.7. The van der Waals surface area contributed by atoms with E-state index < -0.39 is 0 Å². The molecule has 32 heavy (non-hydrogen) atoms. The lowest BCUT2D eigenvalue weighted by Crippen LogP contribution is -2.49. The van der Waals surface area contributed by atoms with Gasteiger partial charge in [-0.3, -0.25) is 4.79 Å². The third kappa shape index (κ3) is 3.94. The molecule has 0 radical (unpaired) electrons. The maximum atomic E-state index is 13.0. The minimum absolute atomic E-state index is 0.0628. The monoisotopic (exact) mass is 435 g/mol. The van der Waals surface area contributed by atoms with Crippen molar-refractivity contribution in [2.24, 2.45) is 0 Å². The lowest BCUT2D eigenvalue weighted by atomic mass is 10.1.